The molecule has 1 amide bonds. The zero-order chi connectivity index (χ0) is 14.6. The molecule has 106 valence electrons. The van der Waals surface area contributed by atoms with Gasteiger partial charge >= 0.3 is 12.1 Å². The van der Waals surface area contributed by atoms with Crippen LogP contribution < -0.4 is 0 Å². The van der Waals surface area contributed by atoms with E-state index in [9.17, 15) is 9.59 Å². The van der Waals surface area contributed by atoms with E-state index in [1.807, 2.05) is 6.07 Å². The second-order valence-corrected chi connectivity index (χ2v) is 5.78. The molecule has 1 saturated heterocycles. The molecule has 1 rings (SSSR count). The molecule has 6 heteroatoms. The van der Waals surface area contributed by atoms with Gasteiger partial charge in [0.2, 0.25) is 0 Å². The van der Waals surface area contributed by atoms with Gasteiger partial charge in [0.15, 0.2) is 0 Å². The number of carboxylic acids is 1. The summed E-state index contributed by atoms with van der Waals surface area (Å²) in [6.45, 7) is 5.96. The summed E-state index contributed by atoms with van der Waals surface area (Å²) in [6, 6.07) is 1.99. The van der Waals surface area contributed by atoms with Crippen LogP contribution in [-0.4, -0.2) is 40.8 Å². The molecule has 1 aliphatic heterocycles. The van der Waals surface area contributed by atoms with Crippen LogP contribution in [0.4, 0.5) is 4.79 Å². The van der Waals surface area contributed by atoms with Crippen molar-refractivity contribution < 1.29 is 19.4 Å². The SMILES string of the molecule is CC(C)(C)OC(=O)N1CC[C@@H](C(=O)O)[C@@H](CC#N)C1. The lowest BCUT2D eigenvalue weighted by Gasteiger charge is -2.36. The highest BCUT2D eigenvalue weighted by atomic mass is 16.6. The van der Waals surface area contributed by atoms with Gasteiger partial charge in [0.25, 0.3) is 0 Å². The topological polar surface area (TPSA) is 90.6 Å². The third kappa shape index (κ3) is 4.43. The second kappa shape index (κ2) is 5.91. The Labute approximate surface area is 112 Å². The fraction of sp³-hybridized carbons (Fsp3) is 0.769. The molecule has 0 radical (unpaired) electrons. The van der Waals surface area contributed by atoms with Gasteiger partial charge in [-0.15, -0.1) is 0 Å². The average Bonchev–Trinajstić information content (AvgIpc) is 2.26. The van der Waals surface area contributed by atoms with Crippen LogP contribution in [0, 0.1) is 23.2 Å². The zero-order valence-electron chi connectivity index (χ0n) is 11.5. The molecule has 1 aliphatic rings. The van der Waals surface area contributed by atoms with Gasteiger partial charge in [-0.3, -0.25) is 4.79 Å². The van der Waals surface area contributed by atoms with Gasteiger partial charge in [-0.25, -0.2) is 4.79 Å². The molecule has 19 heavy (non-hydrogen) atoms. The van der Waals surface area contributed by atoms with Crippen LogP contribution in [0.15, 0.2) is 0 Å². The molecule has 0 aromatic rings. The Hall–Kier alpha value is -1.77. The van der Waals surface area contributed by atoms with Crippen LogP contribution in [-0.2, 0) is 9.53 Å². The third-order valence-corrected chi connectivity index (χ3v) is 3.06. The minimum Gasteiger partial charge on any atom is -0.481 e. The monoisotopic (exact) mass is 268 g/mol. The molecule has 0 unspecified atom stereocenters. The van der Waals surface area contributed by atoms with E-state index < -0.39 is 23.6 Å². The summed E-state index contributed by atoms with van der Waals surface area (Å²) in [5, 5.41) is 17.9. The first-order valence-electron chi connectivity index (χ1n) is 6.32. The second-order valence-electron chi connectivity index (χ2n) is 5.78. The number of hydrogen-bond acceptors (Lipinski definition) is 4. The van der Waals surface area contributed by atoms with E-state index in [-0.39, 0.29) is 18.9 Å². The minimum absolute atomic E-state index is 0.135. The van der Waals surface area contributed by atoms with Gasteiger partial charge in [-0.2, -0.15) is 5.26 Å². The van der Waals surface area contributed by atoms with Crippen molar-refractivity contribution in [1.82, 2.24) is 4.90 Å². The maximum Gasteiger partial charge on any atom is 0.410 e. The van der Waals surface area contributed by atoms with Gasteiger partial charge < -0.3 is 14.7 Å². The zero-order valence-corrected chi connectivity index (χ0v) is 11.5. The third-order valence-electron chi connectivity index (χ3n) is 3.06. The van der Waals surface area contributed by atoms with Crippen molar-refractivity contribution in [2.75, 3.05) is 13.1 Å². The molecule has 0 spiro atoms. The average molecular weight is 268 g/mol. The summed E-state index contributed by atoms with van der Waals surface area (Å²) in [6.07, 6.45) is 0.0521. The number of rotatable bonds is 2. The van der Waals surface area contributed by atoms with Gasteiger partial charge in [0.1, 0.15) is 5.60 Å². The van der Waals surface area contributed by atoms with Crippen molar-refractivity contribution in [3.63, 3.8) is 0 Å². The van der Waals surface area contributed by atoms with E-state index >= 15 is 0 Å². The number of carbonyl (C=O) groups excluding carboxylic acids is 1. The molecule has 0 bridgehead atoms. The van der Waals surface area contributed by atoms with Crippen LogP contribution in [0.5, 0.6) is 0 Å². The van der Waals surface area contributed by atoms with Gasteiger partial charge in [-0.1, -0.05) is 0 Å². The Morgan fingerprint density at radius 1 is 1.47 bits per heavy atom. The Balaban J connectivity index is 2.69. The fourth-order valence-electron chi connectivity index (χ4n) is 2.17. The maximum atomic E-state index is 11.9. The largest absolute Gasteiger partial charge is 0.481 e. The smallest absolute Gasteiger partial charge is 0.410 e. The number of carboxylic acid groups (broad SMARTS) is 1. The number of likely N-dealkylation sites (tertiary alicyclic amines) is 1. The van der Waals surface area contributed by atoms with Gasteiger partial charge in [0.05, 0.1) is 12.0 Å². The first-order chi connectivity index (χ1) is 8.74. The summed E-state index contributed by atoms with van der Waals surface area (Å²) in [4.78, 5) is 24.5. The number of hydrogen-bond donors (Lipinski definition) is 1. The normalized spacial score (nSPS) is 23.6. The van der Waals surface area contributed by atoms with E-state index in [1.165, 1.54) is 4.90 Å². The highest BCUT2D eigenvalue weighted by molar-refractivity contribution is 5.72. The summed E-state index contributed by atoms with van der Waals surface area (Å²) in [5.74, 6) is -1.79. The Morgan fingerprint density at radius 3 is 2.58 bits per heavy atom. The van der Waals surface area contributed by atoms with E-state index in [2.05, 4.69) is 0 Å². The molecule has 1 heterocycles. The number of aliphatic carboxylic acids is 1. The molecular weight excluding hydrogens is 248 g/mol. The lowest BCUT2D eigenvalue weighted by Crippen LogP contribution is -2.47. The molecular formula is C13H20N2O4. The van der Waals surface area contributed by atoms with Crippen LogP contribution in [0.3, 0.4) is 0 Å². The van der Waals surface area contributed by atoms with Crippen molar-refractivity contribution in [3.8, 4) is 6.07 Å². The van der Waals surface area contributed by atoms with Crippen molar-refractivity contribution in [1.29, 1.82) is 5.26 Å². The highest BCUT2D eigenvalue weighted by Crippen LogP contribution is 2.27. The number of amides is 1. The standard InChI is InChI=1S/C13H20N2O4/c1-13(2,3)19-12(18)15-7-5-10(11(16)17)9(8-15)4-6-14/h9-10H,4-5,7-8H2,1-3H3,(H,16,17)/t9-,10+/m0/s1. The minimum atomic E-state index is -0.899. The summed E-state index contributed by atoms with van der Waals surface area (Å²) < 4.78 is 5.26. The number of nitrogens with zero attached hydrogens (tertiary/aromatic N) is 2. The van der Waals surface area contributed by atoms with Crippen LogP contribution in [0.2, 0.25) is 0 Å². The molecule has 0 aromatic heterocycles. The number of carbonyl (C=O) groups is 2. The van der Waals surface area contributed by atoms with E-state index in [4.69, 9.17) is 15.1 Å². The fourth-order valence-corrected chi connectivity index (χ4v) is 2.17. The maximum absolute atomic E-state index is 11.9. The quantitative estimate of drug-likeness (QED) is 0.825. The Bertz CT molecular complexity index is 394. The van der Waals surface area contributed by atoms with Crippen LogP contribution in [0.1, 0.15) is 33.6 Å². The molecule has 1 fully saturated rings. The highest BCUT2D eigenvalue weighted by Gasteiger charge is 2.36. The van der Waals surface area contributed by atoms with Gasteiger partial charge in [0, 0.05) is 25.4 Å². The molecule has 0 aromatic carbocycles. The van der Waals surface area contributed by atoms with E-state index in [1.54, 1.807) is 20.8 Å². The summed E-state index contributed by atoms with van der Waals surface area (Å²) >= 11 is 0. The van der Waals surface area contributed by atoms with E-state index in [0.29, 0.717) is 13.0 Å². The predicted octanol–water partition coefficient (Wildman–Crippen LogP) is 1.86. The van der Waals surface area contributed by atoms with Crippen molar-refractivity contribution in [3.05, 3.63) is 0 Å². The molecule has 6 nitrogen and oxygen atoms in total. The lowest BCUT2D eigenvalue weighted by molar-refractivity contribution is -0.145. The summed E-state index contributed by atoms with van der Waals surface area (Å²) in [5.41, 5.74) is -0.578. The molecule has 1 N–H and O–H groups in total. The van der Waals surface area contributed by atoms with Crippen molar-refractivity contribution >= 4 is 12.1 Å². The number of piperidine rings is 1. The lowest BCUT2D eigenvalue weighted by atomic mass is 9.84. The van der Waals surface area contributed by atoms with Crippen LogP contribution >= 0.6 is 0 Å². The van der Waals surface area contributed by atoms with Crippen molar-refractivity contribution in [2.24, 2.45) is 11.8 Å². The molecule has 0 aliphatic carbocycles. The first kappa shape index (κ1) is 15.3. The first-order valence-corrected chi connectivity index (χ1v) is 6.32. The Morgan fingerprint density at radius 2 is 2.11 bits per heavy atom. The number of ether oxygens (including phenoxy) is 1. The Kier molecular flexibility index (Phi) is 4.76. The van der Waals surface area contributed by atoms with Crippen molar-refractivity contribution in [2.45, 2.75) is 39.2 Å². The number of nitriles is 1. The predicted molar refractivity (Wildman–Crippen MR) is 67.3 cm³/mol. The molecule has 2 atom stereocenters. The van der Waals surface area contributed by atoms with E-state index in [0.717, 1.165) is 0 Å². The van der Waals surface area contributed by atoms with Crippen LogP contribution in [0.25, 0.3) is 0 Å². The molecule has 0 saturated carbocycles. The summed E-state index contributed by atoms with van der Waals surface area (Å²) in [7, 11) is 0. The van der Waals surface area contributed by atoms with Gasteiger partial charge in [-0.05, 0) is 27.2 Å².